The number of ether oxygens (including phenoxy) is 1. The maximum Gasteiger partial charge on any atom is 0.305 e. The number of nitrogens with one attached hydrogen (secondary N) is 1. The summed E-state index contributed by atoms with van der Waals surface area (Å²) in [4.78, 5) is 38.7. The Hall–Kier alpha value is -3.62. The summed E-state index contributed by atoms with van der Waals surface area (Å²) in [6.07, 6.45) is 2.05. The summed E-state index contributed by atoms with van der Waals surface area (Å²) in [5.41, 5.74) is 1.53. The lowest BCUT2D eigenvalue weighted by atomic mass is 10.0. The number of thiocarbonyl (C=S) groups is 1. The maximum absolute atomic E-state index is 13.1. The molecule has 0 saturated carbocycles. The van der Waals surface area contributed by atoms with E-state index >= 15 is 0 Å². The number of aromatic nitrogens is 1. The van der Waals surface area contributed by atoms with Crippen molar-refractivity contribution in [2.24, 2.45) is 0 Å². The highest BCUT2D eigenvalue weighted by molar-refractivity contribution is 8.26. The first kappa shape index (κ1) is 27.0. The third-order valence-corrected chi connectivity index (χ3v) is 7.02. The van der Waals surface area contributed by atoms with E-state index in [1.54, 1.807) is 20.1 Å². The number of aliphatic carboxylic acids is 1. The van der Waals surface area contributed by atoms with Crippen molar-refractivity contribution in [3.8, 4) is 11.8 Å². The van der Waals surface area contributed by atoms with Crippen molar-refractivity contribution in [2.75, 3.05) is 19.0 Å². The van der Waals surface area contributed by atoms with E-state index in [4.69, 9.17) is 22.1 Å². The number of carboxylic acids is 1. The third-order valence-electron chi connectivity index (χ3n) is 5.64. The molecule has 0 bridgehead atoms. The van der Waals surface area contributed by atoms with Gasteiger partial charge < -0.3 is 15.2 Å². The van der Waals surface area contributed by atoms with Crippen molar-refractivity contribution in [3.05, 3.63) is 61.8 Å². The zero-order valence-electron chi connectivity index (χ0n) is 20.2. The molecule has 188 valence electrons. The summed E-state index contributed by atoms with van der Waals surface area (Å²) in [6.45, 7) is 4.33. The van der Waals surface area contributed by atoms with Crippen LogP contribution in [0.5, 0.6) is 5.75 Å². The van der Waals surface area contributed by atoms with Crippen molar-refractivity contribution < 1.29 is 19.4 Å². The molecule has 1 aliphatic heterocycles. The number of carboxylic acid groups (broad SMARTS) is 1. The van der Waals surface area contributed by atoms with Crippen molar-refractivity contribution in [1.29, 1.82) is 5.26 Å². The van der Waals surface area contributed by atoms with Crippen LogP contribution in [0.15, 0.2) is 34.0 Å². The summed E-state index contributed by atoms with van der Waals surface area (Å²) in [7, 11) is 1.59. The molecule has 11 heteroatoms. The number of nitriles is 1. The molecule has 0 radical (unpaired) electrons. The molecule has 1 aliphatic rings. The Balaban J connectivity index is 2.08. The van der Waals surface area contributed by atoms with Crippen LogP contribution in [0, 0.1) is 18.3 Å². The molecule has 0 unspecified atom stereocenters. The summed E-state index contributed by atoms with van der Waals surface area (Å²) in [5, 5.41) is 22.0. The summed E-state index contributed by atoms with van der Waals surface area (Å²) in [5.74, 6) is -0.218. The molecule has 2 aromatic rings. The molecule has 0 aliphatic carbocycles. The van der Waals surface area contributed by atoms with Gasteiger partial charge in [-0.05, 0) is 42.7 Å². The van der Waals surface area contributed by atoms with Gasteiger partial charge in [0.25, 0.3) is 11.5 Å². The summed E-state index contributed by atoms with van der Waals surface area (Å²) < 4.78 is 6.99. The zero-order valence-corrected chi connectivity index (χ0v) is 21.8. The Morgan fingerprint density at radius 1 is 1.28 bits per heavy atom. The van der Waals surface area contributed by atoms with Crippen molar-refractivity contribution in [2.45, 2.75) is 39.8 Å². The first-order chi connectivity index (χ1) is 17.2. The minimum Gasteiger partial charge on any atom is -0.497 e. The predicted molar refractivity (Wildman–Crippen MR) is 143 cm³/mol. The van der Waals surface area contributed by atoms with Gasteiger partial charge in [-0.2, -0.15) is 5.26 Å². The van der Waals surface area contributed by atoms with Gasteiger partial charge in [0.05, 0.1) is 18.4 Å². The first-order valence-electron chi connectivity index (χ1n) is 11.2. The number of hydrogen-bond donors (Lipinski definition) is 2. The molecule has 9 nitrogen and oxygen atoms in total. The molecule has 3 rings (SSSR count). The topological polar surface area (TPSA) is 125 Å². The van der Waals surface area contributed by atoms with E-state index in [9.17, 15) is 19.6 Å². The number of carbonyl (C=O) groups is 2. The van der Waals surface area contributed by atoms with Crippen LogP contribution in [0.4, 0.5) is 5.82 Å². The number of anilines is 1. The van der Waals surface area contributed by atoms with Gasteiger partial charge in [-0.25, -0.2) is 0 Å². The minimum atomic E-state index is -1.03. The number of benzene rings is 1. The Morgan fingerprint density at radius 3 is 2.56 bits per heavy atom. The van der Waals surface area contributed by atoms with E-state index in [2.05, 4.69) is 5.32 Å². The second-order valence-corrected chi connectivity index (χ2v) is 9.69. The molecule has 2 heterocycles. The molecule has 36 heavy (non-hydrogen) atoms. The van der Waals surface area contributed by atoms with Gasteiger partial charge in [0, 0.05) is 25.2 Å². The largest absolute Gasteiger partial charge is 0.497 e. The number of amides is 1. The van der Waals surface area contributed by atoms with Gasteiger partial charge >= 0.3 is 5.97 Å². The predicted octanol–water partition coefficient (Wildman–Crippen LogP) is 3.74. The third kappa shape index (κ3) is 5.78. The first-order valence-corrected chi connectivity index (χ1v) is 12.5. The normalized spacial score (nSPS) is 14.3. The van der Waals surface area contributed by atoms with Gasteiger partial charge in [-0.1, -0.05) is 43.0 Å². The van der Waals surface area contributed by atoms with Gasteiger partial charge in [0.2, 0.25) is 0 Å². The fourth-order valence-corrected chi connectivity index (χ4v) is 5.04. The van der Waals surface area contributed by atoms with Crippen molar-refractivity contribution in [3.63, 3.8) is 0 Å². The van der Waals surface area contributed by atoms with Crippen LogP contribution < -0.4 is 15.6 Å². The molecule has 1 fully saturated rings. The second-order valence-electron chi connectivity index (χ2n) is 8.01. The van der Waals surface area contributed by atoms with Crippen LogP contribution in [-0.2, 0) is 22.7 Å². The highest BCUT2D eigenvalue weighted by Gasteiger charge is 2.33. The highest BCUT2D eigenvalue weighted by atomic mass is 32.2. The number of rotatable bonds is 10. The Kier molecular flexibility index (Phi) is 8.90. The van der Waals surface area contributed by atoms with Crippen LogP contribution in [0.25, 0.3) is 6.08 Å². The average Bonchev–Trinajstić information content (AvgIpc) is 3.12. The second kappa shape index (κ2) is 11.9. The van der Waals surface area contributed by atoms with Gasteiger partial charge in [0.15, 0.2) is 0 Å². The number of methoxy groups -OCH3 is 1. The Labute approximate surface area is 218 Å². The Bertz CT molecular complexity index is 1330. The van der Waals surface area contributed by atoms with Crippen LogP contribution in [0.2, 0.25) is 0 Å². The van der Waals surface area contributed by atoms with Crippen LogP contribution in [-0.4, -0.2) is 44.4 Å². The monoisotopic (exact) mass is 526 g/mol. The number of hydrogen-bond acceptors (Lipinski definition) is 8. The molecule has 1 saturated heterocycles. The summed E-state index contributed by atoms with van der Waals surface area (Å²) >= 11 is 6.37. The molecule has 0 atom stereocenters. The van der Waals surface area contributed by atoms with E-state index in [0.717, 1.165) is 23.1 Å². The SMILES string of the molecule is CCCn1c(NCc2ccc(OC)cc2)c(/C=C2/SC(=S)N(CCC(=O)O)C2=O)c(C)c(C#N)c1=O. The van der Waals surface area contributed by atoms with Gasteiger partial charge in [-0.15, -0.1) is 0 Å². The van der Waals surface area contributed by atoms with Gasteiger partial charge in [-0.3, -0.25) is 23.9 Å². The number of carbonyl (C=O) groups excluding carboxylic acids is 1. The van der Waals surface area contributed by atoms with Gasteiger partial charge in [0.1, 0.15) is 27.5 Å². The lowest BCUT2D eigenvalue weighted by molar-refractivity contribution is -0.137. The molecule has 1 aromatic carbocycles. The van der Waals surface area contributed by atoms with Crippen molar-refractivity contribution in [1.82, 2.24) is 9.47 Å². The molecule has 1 aromatic heterocycles. The number of thioether (sulfide) groups is 1. The number of pyridine rings is 1. The lowest BCUT2D eigenvalue weighted by Gasteiger charge is -2.20. The average molecular weight is 527 g/mol. The van der Waals surface area contributed by atoms with E-state index in [1.807, 2.05) is 37.3 Å². The van der Waals surface area contributed by atoms with Crippen molar-refractivity contribution >= 4 is 52.1 Å². The zero-order chi connectivity index (χ0) is 26.4. The van der Waals surface area contributed by atoms with E-state index in [-0.39, 0.29) is 22.8 Å². The molecule has 1 amide bonds. The quantitative estimate of drug-likeness (QED) is 0.352. The fourth-order valence-electron chi connectivity index (χ4n) is 3.75. The molecular weight excluding hydrogens is 500 g/mol. The minimum absolute atomic E-state index is 0.00560. The van der Waals surface area contributed by atoms with Crippen LogP contribution in [0.3, 0.4) is 0 Å². The molecule has 0 spiro atoms. The molecule has 2 N–H and O–H groups in total. The van der Waals surface area contributed by atoms with Crippen LogP contribution in [0.1, 0.15) is 42.0 Å². The van der Waals surface area contributed by atoms with E-state index in [1.165, 1.54) is 9.47 Å². The van der Waals surface area contributed by atoms with E-state index in [0.29, 0.717) is 41.4 Å². The lowest BCUT2D eigenvalue weighted by Crippen LogP contribution is -2.30. The van der Waals surface area contributed by atoms with Crippen LogP contribution >= 0.6 is 24.0 Å². The van der Waals surface area contributed by atoms with E-state index < -0.39 is 17.4 Å². The molecular formula is C25H26N4O5S2. The standard InChI is InChI=1S/C25H26N4O5S2/c1-4-10-28-22(27-14-16-5-7-17(34-3)8-6-16)18(15(2)19(13-26)23(28)32)12-20-24(33)29(25(35)36-20)11-9-21(30)31/h5-8,12,27H,4,9-11,14H2,1-3H3,(H,30,31)/b20-12+. The number of nitrogens with zero attached hydrogens (tertiary/aromatic N) is 3. The summed E-state index contributed by atoms with van der Waals surface area (Å²) in [6, 6.07) is 9.48. The maximum atomic E-state index is 13.1. The highest BCUT2D eigenvalue weighted by Crippen LogP contribution is 2.35. The Morgan fingerprint density at radius 2 is 1.97 bits per heavy atom. The fraction of sp³-hybridized carbons (Fsp3) is 0.320. The smallest absolute Gasteiger partial charge is 0.305 e.